The maximum atomic E-state index is 4.55. The smallest absolute Gasteiger partial charge is 0.192 e. The topological polar surface area (TPSA) is 80.0 Å². The summed E-state index contributed by atoms with van der Waals surface area (Å²) in [4.78, 5) is 10.2. The largest absolute Gasteiger partial charge is 0.353 e. The van der Waals surface area contributed by atoms with Crippen molar-refractivity contribution in [1.82, 2.24) is 30.4 Å². The number of aromatic nitrogens is 4. The summed E-state index contributed by atoms with van der Waals surface area (Å²) in [7, 11) is 1.94. The molecule has 0 saturated heterocycles. The standard InChI is InChI=1S/C15H23N7S.HI/c1-5-7-16-15(18-9-13-21-20-11(3)22(13)4)19-10-14-17-8-12(6-2)23-14;/h5,8H,1,6-7,9-10H2,2-4H3,(H2,16,18,19);1H. The minimum atomic E-state index is 0. The van der Waals surface area contributed by atoms with Gasteiger partial charge in [0, 0.05) is 24.7 Å². The van der Waals surface area contributed by atoms with Gasteiger partial charge in [0.25, 0.3) is 0 Å². The van der Waals surface area contributed by atoms with E-state index in [9.17, 15) is 0 Å². The molecule has 0 aliphatic carbocycles. The molecule has 7 nitrogen and oxygen atoms in total. The van der Waals surface area contributed by atoms with Crippen molar-refractivity contribution in [2.45, 2.75) is 33.4 Å². The maximum absolute atomic E-state index is 4.55. The van der Waals surface area contributed by atoms with E-state index < -0.39 is 0 Å². The van der Waals surface area contributed by atoms with Crippen LogP contribution in [0, 0.1) is 6.92 Å². The van der Waals surface area contributed by atoms with Crippen molar-refractivity contribution in [1.29, 1.82) is 0 Å². The molecule has 9 heteroatoms. The molecule has 0 atom stereocenters. The molecule has 2 N–H and O–H groups in total. The Morgan fingerprint density at radius 1 is 1.42 bits per heavy atom. The summed E-state index contributed by atoms with van der Waals surface area (Å²) < 4.78 is 1.93. The first-order valence-corrected chi connectivity index (χ1v) is 8.37. The number of aryl methyl sites for hydroxylation is 2. The van der Waals surface area contributed by atoms with E-state index in [1.807, 2.05) is 24.7 Å². The molecule has 0 aromatic carbocycles. The molecule has 2 aromatic rings. The maximum Gasteiger partial charge on any atom is 0.192 e. The van der Waals surface area contributed by atoms with Crippen LogP contribution in [0.3, 0.4) is 0 Å². The van der Waals surface area contributed by atoms with E-state index in [1.165, 1.54) is 4.88 Å². The van der Waals surface area contributed by atoms with Crippen molar-refractivity contribution in [2.24, 2.45) is 12.0 Å². The minimum Gasteiger partial charge on any atom is -0.353 e. The minimum absolute atomic E-state index is 0. The zero-order valence-corrected chi connectivity index (χ0v) is 17.4. The van der Waals surface area contributed by atoms with Crippen LogP contribution < -0.4 is 10.6 Å². The fourth-order valence-corrected chi connectivity index (χ4v) is 2.64. The second-order valence-electron chi connectivity index (χ2n) is 4.98. The number of hydrogen-bond donors (Lipinski definition) is 2. The van der Waals surface area contributed by atoms with E-state index in [2.05, 4.69) is 44.3 Å². The van der Waals surface area contributed by atoms with E-state index in [0.717, 1.165) is 23.1 Å². The molecule has 0 bridgehead atoms. The Morgan fingerprint density at radius 3 is 2.79 bits per heavy atom. The van der Waals surface area contributed by atoms with Gasteiger partial charge in [0.05, 0.1) is 6.54 Å². The number of nitrogens with one attached hydrogen (secondary N) is 2. The second kappa shape index (κ2) is 10.4. The van der Waals surface area contributed by atoms with Gasteiger partial charge in [0.1, 0.15) is 17.4 Å². The number of halogens is 1. The van der Waals surface area contributed by atoms with Gasteiger partial charge >= 0.3 is 0 Å². The Hall–Kier alpha value is -1.49. The van der Waals surface area contributed by atoms with Gasteiger partial charge in [-0.1, -0.05) is 13.0 Å². The van der Waals surface area contributed by atoms with Gasteiger partial charge in [-0.2, -0.15) is 0 Å². The summed E-state index contributed by atoms with van der Waals surface area (Å²) in [5.74, 6) is 2.40. The predicted molar refractivity (Wildman–Crippen MR) is 109 cm³/mol. The Kier molecular flexibility index (Phi) is 8.90. The molecule has 0 amide bonds. The van der Waals surface area contributed by atoms with Crippen LogP contribution in [0.1, 0.15) is 28.5 Å². The van der Waals surface area contributed by atoms with Crippen LogP contribution in [0.25, 0.3) is 0 Å². The Morgan fingerprint density at radius 2 is 2.21 bits per heavy atom. The van der Waals surface area contributed by atoms with Crippen LogP contribution in [0.2, 0.25) is 0 Å². The van der Waals surface area contributed by atoms with E-state index in [1.54, 1.807) is 17.4 Å². The van der Waals surface area contributed by atoms with Gasteiger partial charge in [-0.25, -0.2) is 9.98 Å². The molecule has 0 radical (unpaired) electrons. The molecule has 132 valence electrons. The first-order chi connectivity index (χ1) is 11.1. The zero-order valence-electron chi connectivity index (χ0n) is 14.2. The fourth-order valence-electron chi connectivity index (χ4n) is 1.83. The van der Waals surface area contributed by atoms with Crippen LogP contribution in [-0.4, -0.2) is 32.3 Å². The summed E-state index contributed by atoms with van der Waals surface area (Å²) in [6, 6.07) is 0. The third kappa shape index (κ3) is 5.86. The third-order valence-corrected chi connectivity index (χ3v) is 4.47. The van der Waals surface area contributed by atoms with E-state index in [4.69, 9.17) is 0 Å². The lowest BCUT2D eigenvalue weighted by molar-refractivity contribution is 0.758. The number of hydrogen-bond acceptors (Lipinski definition) is 5. The molecule has 0 spiro atoms. The van der Waals surface area contributed by atoms with E-state index >= 15 is 0 Å². The zero-order chi connectivity index (χ0) is 16.7. The summed E-state index contributed by atoms with van der Waals surface area (Å²) in [6.07, 6.45) is 4.74. The monoisotopic (exact) mass is 461 g/mol. The van der Waals surface area contributed by atoms with E-state index in [0.29, 0.717) is 25.6 Å². The third-order valence-electron chi connectivity index (χ3n) is 3.33. The SMILES string of the molecule is C=CCNC(=NCc1nnc(C)n1C)NCc1ncc(CC)s1.I. The van der Waals surface area contributed by atoms with Crippen LogP contribution in [0.5, 0.6) is 0 Å². The number of nitrogens with zero attached hydrogens (tertiary/aromatic N) is 5. The Balaban J connectivity index is 0.00000288. The first-order valence-electron chi connectivity index (χ1n) is 7.55. The Bertz CT molecular complexity index is 677. The van der Waals surface area contributed by atoms with Gasteiger partial charge in [0.15, 0.2) is 11.8 Å². The van der Waals surface area contributed by atoms with Gasteiger partial charge in [-0.05, 0) is 13.3 Å². The lowest BCUT2D eigenvalue weighted by atomic mass is 10.4. The lowest BCUT2D eigenvalue weighted by Crippen LogP contribution is -2.37. The summed E-state index contributed by atoms with van der Waals surface area (Å²) in [6.45, 7) is 9.52. The number of aliphatic imine (C=N–C) groups is 1. The van der Waals surface area contributed by atoms with Gasteiger partial charge in [-0.15, -0.1) is 52.1 Å². The summed E-state index contributed by atoms with van der Waals surface area (Å²) >= 11 is 1.72. The van der Waals surface area contributed by atoms with Crippen LogP contribution in [0.15, 0.2) is 23.8 Å². The first kappa shape index (κ1) is 20.6. The number of rotatable bonds is 7. The van der Waals surface area contributed by atoms with Crippen LogP contribution in [-0.2, 0) is 26.6 Å². The molecular formula is C15H24IN7S. The molecule has 0 saturated carbocycles. The molecule has 0 fully saturated rings. The molecular weight excluding hydrogens is 437 g/mol. The average molecular weight is 461 g/mol. The molecule has 2 aromatic heterocycles. The average Bonchev–Trinajstić information content (AvgIpc) is 3.15. The summed E-state index contributed by atoms with van der Waals surface area (Å²) in [5.41, 5.74) is 0. The highest BCUT2D eigenvalue weighted by Crippen LogP contribution is 2.12. The fraction of sp³-hybridized carbons (Fsp3) is 0.467. The van der Waals surface area contributed by atoms with Gasteiger partial charge in [0.2, 0.25) is 0 Å². The second-order valence-corrected chi connectivity index (χ2v) is 6.18. The molecule has 0 unspecified atom stereocenters. The van der Waals surface area contributed by atoms with Gasteiger partial charge in [-0.3, -0.25) is 0 Å². The lowest BCUT2D eigenvalue weighted by Gasteiger charge is -2.10. The van der Waals surface area contributed by atoms with Gasteiger partial charge < -0.3 is 15.2 Å². The van der Waals surface area contributed by atoms with Crippen molar-refractivity contribution in [2.75, 3.05) is 6.54 Å². The molecule has 24 heavy (non-hydrogen) atoms. The molecule has 0 aliphatic rings. The highest BCUT2D eigenvalue weighted by atomic mass is 127. The molecule has 2 rings (SSSR count). The van der Waals surface area contributed by atoms with Crippen molar-refractivity contribution >= 4 is 41.3 Å². The van der Waals surface area contributed by atoms with Crippen molar-refractivity contribution < 1.29 is 0 Å². The number of thiazole rings is 1. The predicted octanol–water partition coefficient (Wildman–Crippen LogP) is 2.18. The summed E-state index contributed by atoms with van der Waals surface area (Å²) in [5, 5.41) is 15.7. The normalized spacial score (nSPS) is 11.0. The quantitative estimate of drug-likeness (QED) is 0.286. The Labute approximate surface area is 163 Å². The molecule has 0 aliphatic heterocycles. The van der Waals surface area contributed by atoms with E-state index in [-0.39, 0.29) is 24.0 Å². The highest BCUT2D eigenvalue weighted by Gasteiger charge is 2.06. The van der Waals surface area contributed by atoms with Crippen molar-refractivity contribution in [3.63, 3.8) is 0 Å². The highest BCUT2D eigenvalue weighted by molar-refractivity contribution is 14.0. The van der Waals surface area contributed by atoms with Crippen molar-refractivity contribution in [3.05, 3.63) is 40.4 Å². The van der Waals surface area contributed by atoms with Crippen molar-refractivity contribution in [3.8, 4) is 0 Å². The van der Waals surface area contributed by atoms with Crippen LogP contribution >= 0.6 is 35.3 Å². The van der Waals surface area contributed by atoms with Crippen LogP contribution in [0.4, 0.5) is 0 Å². The number of guanidine groups is 1. The molecule has 2 heterocycles.